The molecule has 6 nitrogen and oxygen atoms in total. The first-order valence-electron chi connectivity index (χ1n) is 4.29. The van der Waals surface area contributed by atoms with Crippen molar-refractivity contribution in [2.45, 2.75) is 31.9 Å². The van der Waals surface area contributed by atoms with Crippen LogP contribution in [-0.2, 0) is 9.59 Å². The van der Waals surface area contributed by atoms with E-state index in [0.29, 0.717) is 0 Å². The van der Waals surface area contributed by atoms with Crippen molar-refractivity contribution in [3.8, 4) is 0 Å². The third-order valence-corrected chi connectivity index (χ3v) is 1.60. The molecule has 0 fully saturated rings. The van der Waals surface area contributed by atoms with Gasteiger partial charge in [0.25, 0.3) is 0 Å². The number of hydrogen-bond donors (Lipinski definition) is 4. The van der Waals surface area contributed by atoms with Crippen molar-refractivity contribution < 1.29 is 24.9 Å². The number of hydrogen-bond acceptors (Lipinski definition) is 4. The molecular formula is C8H15NO5. The average Bonchev–Trinajstić information content (AvgIpc) is 2.02. The highest BCUT2D eigenvalue weighted by atomic mass is 16.4. The van der Waals surface area contributed by atoms with Crippen LogP contribution >= 0.6 is 0 Å². The lowest BCUT2D eigenvalue weighted by Gasteiger charge is -2.14. The van der Waals surface area contributed by atoms with Crippen LogP contribution in [0.5, 0.6) is 0 Å². The molecule has 2 unspecified atom stereocenters. The molecule has 0 spiro atoms. The molecule has 0 saturated carbocycles. The second-order valence-corrected chi connectivity index (χ2v) is 3.08. The summed E-state index contributed by atoms with van der Waals surface area (Å²) >= 11 is 0. The second-order valence-electron chi connectivity index (χ2n) is 3.08. The van der Waals surface area contributed by atoms with E-state index in [4.69, 9.17) is 15.3 Å². The van der Waals surface area contributed by atoms with Gasteiger partial charge in [0.2, 0.25) is 0 Å². The summed E-state index contributed by atoms with van der Waals surface area (Å²) < 4.78 is 0. The van der Waals surface area contributed by atoms with E-state index in [1.807, 2.05) is 0 Å². The van der Waals surface area contributed by atoms with Crippen molar-refractivity contribution in [1.82, 2.24) is 5.32 Å². The van der Waals surface area contributed by atoms with Crippen molar-refractivity contribution in [3.05, 3.63) is 0 Å². The molecule has 0 bridgehead atoms. The molecule has 0 radical (unpaired) electrons. The van der Waals surface area contributed by atoms with E-state index in [-0.39, 0.29) is 19.4 Å². The molecule has 0 saturated heterocycles. The number of carbonyl (C=O) groups is 2. The normalized spacial score (nSPS) is 14.7. The molecular weight excluding hydrogens is 190 g/mol. The van der Waals surface area contributed by atoms with E-state index < -0.39 is 24.1 Å². The van der Waals surface area contributed by atoms with Crippen LogP contribution in [0.4, 0.5) is 0 Å². The van der Waals surface area contributed by atoms with Crippen LogP contribution in [0, 0.1) is 0 Å². The maximum absolute atomic E-state index is 10.6. The standard InChI is InChI=1S/C8H15NO5/c1-5(10)4-9-6(8(13)14)2-3-7(11)12/h5-6,9-10H,2-4H2,1H3,(H,11,12)(H,13,14). The van der Waals surface area contributed by atoms with Gasteiger partial charge in [-0.05, 0) is 13.3 Å². The fraction of sp³-hybridized carbons (Fsp3) is 0.750. The summed E-state index contributed by atoms with van der Waals surface area (Å²) in [6, 6.07) is -0.916. The summed E-state index contributed by atoms with van der Waals surface area (Å²) in [6.45, 7) is 1.65. The SMILES string of the molecule is CC(O)CNC(CCC(=O)O)C(=O)O. The molecule has 0 amide bonds. The van der Waals surface area contributed by atoms with Gasteiger partial charge >= 0.3 is 11.9 Å². The van der Waals surface area contributed by atoms with Crippen molar-refractivity contribution >= 4 is 11.9 Å². The van der Waals surface area contributed by atoms with Crippen molar-refractivity contribution in [1.29, 1.82) is 0 Å². The van der Waals surface area contributed by atoms with Crippen LogP contribution in [0.1, 0.15) is 19.8 Å². The lowest BCUT2D eigenvalue weighted by molar-refractivity contribution is -0.140. The second kappa shape index (κ2) is 6.33. The van der Waals surface area contributed by atoms with Crippen LogP contribution in [0.2, 0.25) is 0 Å². The molecule has 2 atom stereocenters. The Morgan fingerprint density at radius 2 is 1.93 bits per heavy atom. The van der Waals surface area contributed by atoms with Gasteiger partial charge in [0, 0.05) is 13.0 Å². The summed E-state index contributed by atoms with van der Waals surface area (Å²) in [5, 5.41) is 28.5. The number of carboxylic acid groups (broad SMARTS) is 2. The van der Waals surface area contributed by atoms with Crippen LogP contribution < -0.4 is 5.32 Å². The van der Waals surface area contributed by atoms with Crippen LogP contribution in [0.3, 0.4) is 0 Å². The number of aliphatic hydroxyl groups is 1. The third-order valence-electron chi connectivity index (χ3n) is 1.60. The van der Waals surface area contributed by atoms with Crippen LogP contribution in [0.25, 0.3) is 0 Å². The fourth-order valence-corrected chi connectivity index (χ4v) is 0.893. The monoisotopic (exact) mass is 205 g/mol. The average molecular weight is 205 g/mol. The van der Waals surface area contributed by atoms with E-state index in [9.17, 15) is 9.59 Å². The largest absolute Gasteiger partial charge is 0.481 e. The predicted molar refractivity (Wildman–Crippen MR) is 48.0 cm³/mol. The first-order chi connectivity index (χ1) is 6.43. The molecule has 82 valence electrons. The van der Waals surface area contributed by atoms with Crippen molar-refractivity contribution in [3.63, 3.8) is 0 Å². The maximum atomic E-state index is 10.6. The first kappa shape index (κ1) is 12.9. The van der Waals surface area contributed by atoms with Gasteiger partial charge in [0.1, 0.15) is 6.04 Å². The quantitative estimate of drug-likeness (QED) is 0.436. The zero-order valence-corrected chi connectivity index (χ0v) is 7.93. The Balaban J connectivity index is 3.90. The molecule has 14 heavy (non-hydrogen) atoms. The van der Waals surface area contributed by atoms with E-state index in [2.05, 4.69) is 5.32 Å². The fourth-order valence-electron chi connectivity index (χ4n) is 0.893. The third kappa shape index (κ3) is 6.38. The predicted octanol–water partition coefficient (Wildman–Crippen LogP) is -0.725. The number of nitrogens with one attached hydrogen (secondary N) is 1. The summed E-state index contributed by atoms with van der Waals surface area (Å²) in [4.78, 5) is 20.8. The molecule has 0 aromatic heterocycles. The summed E-state index contributed by atoms with van der Waals surface area (Å²) in [7, 11) is 0. The maximum Gasteiger partial charge on any atom is 0.320 e. The van der Waals surface area contributed by atoms with Gasteiger partial charge in [-0.25, -0.2) is 0 Å². The minimum atomic E-state index is -1.10. The van der Waals surface area contributed by atoms with Crippen molar-refractivity contribution in [2.75, 3.05) is 6.54 Å². The molecule has 0 aliphatic carbocycles. The molecule has 0 aliphatic heterocycles. The number of rotatable bonds is 7. The Hall–Kier alpha value is -1.14. The first-order valence-corrected chi connectivity index (χ1v) is 4.29. The Kier molecular flexibility index (Phi) is 5.82. The van der Waals surface area contributed by atoms with E-state index >= 15 is 0 Å². The van der Waals surface area contributed by atoms with Gasteiger partial charge in [-0.2, -0.15) is 0 Å². The molecule has 6 heteroatoms. The lowest BCUT2D eigenvalue weighted by Crippen LogP contribution is -2.40. The zero-order chi connectivity index (χ0) is 11.1. The highest BCUT2D eigenvalue weighted by molar-refractivity contribution is 5.75. The minimum Gasteiger partial charge on any atom is -0.481 e. The molecule has 0 rings (SSSR count). The van der Waals surface area contributed by atoms with Crippen molar-refractivity contribution in [2.24, 2.45) is 0 Å². The number of aliphatic hydroxyl groups excluding tert-OH is 1. The van der Waals surface area contributed by atoms with Gasteiger partial charge in [-0.15, -0.1) is 0 Å². The number of aliphatic carboxylic acids is 2. The van der Waals surface area contributed by atoms with E-state index in [1.165, 1.54) is 6.92 Å². The van der Waals surface area contributed by atoms with Gasteiger partial charge in [0.05, 0.1) is 6.10 Å². The van der Waals surface area contributed by atoms with Gasteiger partial charge < -0.3 is 20.6 Å². The molecule has 0 aromatic carbocycles. The molecule has 0 aliphatic rings. The molecule has 0 heterocycles. The Morgan fingerprint density at radius 1 is 1.36 bits per heavy atom. The van der Waals surface area contributed by atoms with Gasteiger partial charge in [-0.1, -0.05) is 0 Å². The Labute approximate surface area is 81.5 Å². The topological polar surface area (TPSA) is 107 Å². The summed E-state index contributed by atoms with van der Waals surface area (Å²) in [5.74, 6) is -2.14. The smallest absolute Gasteiger partial charge is 0.320 e. The number of carboxylic acids is 2. The Bertz CT molecular complexity index is 204. The van der Waals surface area contributed by atoms with E-state index in [0.717, 1.165) is 0 Å². The summed E-state index contributed by atoms with van der Waals surface area (Å²) in [5.41, 5.74) is 0. The highest BCUT2D eigenvalue weighted by Gasteiger charge is 2.18. The summed E-state index contributed by atoms with van der Waals surface area (Å²) in [6.07, 6.45) is -0.845. The minimum absolute atomic E-state index is 0.0113. The molecule has 0 aromatic rings. The van der Waals surface area contributed by atoms with E-state index in [1.54, 1.807) is 0 Å². The van der Waals surface area contributed by atoms with Crippen LogP contribution in [-0.4, -0.2) is 45.9 Å². The highest BCUT2D eigenvalue weighted by Crippen LogP contribution is 1.98. The van der Waals surface area contributed by atoms with Gasteiger partial charge in [0.15, 0.2) is 0 Å². The zero-order valence-electron chi connectivity index (χ0n) is 7.93. The molecule has 4 N–H and O–H groups in total. The Morgan fingerprint density at radius 3 is 2.29 bits per heavy atom. The van der Waals surface area contributed by atoms with Gasteiger partial charge in [-0.3, -0.25) is 9.59 Å². The lowest BCUT2D eigenvalue weighted by atomic mass is 10.1. The van der Waals surface area contributed by atoms with Crippen LogP contribution in [0.15, 0.2) is 0 Å².